The van der Waals surface area contributed by atoms with E-state index in [1.165, 1.54) is 17.7 Å². The first-order valence-electron chi connectivity index (χ1n) is 11.0. The van der Waals surface area contributed by atoms with Gasteiger partial charge < -0.3 is 15.1 Å². The van der Waals surface area contributed by atoms with E-state index in [0.29, 0.717) is 25.6 Å². The van der Waals surface area contributed by atoms with E-state index in [0.717, 1.165) is 44.5 Å². The van der Waals surface area contributed by atoms with Crippen LogP contribution in [0.3, 0.4) is 0 Å². The van der Waals surface area contributed by atoms with E-state index in [1.807, 2.05) is 12.3 Å². The second-order valence-electron chi connectivity index (χ2n) is 8.59. The Morgan fingerprint density at radius 3 is 2.48 bits per heavy atom. The highest BCUT2D eigenvalue weighted by atomic mass is 19.1. The highest BCUT2D eigenvalue weighted by Crippen LogP contribution is 2.24. The summed E-state index contributed by atoms with van der Waals surface area (Å²) < 4.78 is 13.1. The third-order valence-corrected chi connectivity index (χ3v) is 6.37. The van der Waals surface area contributed by atoms with Crippen LogP contribution in [0, 0.1) is 17.7 Å². The molecule has 1 unspecified atom stereocenters. The lowest BCUT2D eigenvalue weighted by Crippen LogP contribution is -2.47. The summed E-state index contributed by atoms with van der Waals surface area (Å²) >= 11 is 0. The second kappa shape index (κ2) is 9.90. The molecule has 2 saturated heterocycles. The van der Waals surface area contributed by atoms with Crippen molar-refractivity contribution in [3.05, 3.63) is 60.2 Å². The van der Waals surface area contributed by atoms with Crippen molar-refractivity contribution in [1.29, 1.82) is 0 Å². The number of nitrogens with zero attached hydrogens (tertiary/aromatic N) is 3. The number of carbonyl (C=O) groups excluding carboxylic acids is 2. The highest BCUT2D eigenvalue weighted by Gasteiger charge is 2.29. The quantitative estimate of drug-likeness (QED) is 0.750. The van der Waals surface area contributed by atoms with E-state index in [-0.39, 0.29) is 11.7 Å². The van der Waals surface area contributed by atoms with Crippen molar-refractivity contribution in [2.24, 2.45) is 11.8 Å². The second-order valence-corrected chi connectivity index (χ2v) is 8.59. The topological polar surface area (TPSA) is 65.5 Å². The normalized spacial score (nSPS) is 19.5. The molecule has 1 atom stereocenters. The molecule has 2 amide bonds. The maximum atomic E-state index is 13.1. The van der Waals surface area contributed by atoms with Gasteiger partial charge >= 0.3 is 11.8 Å². The molecule has 0 aliphatic carbocycles. The summed E-state index contributed by atoms with van der Waals surface area (Å²) in [4.78, 5) is 33.0. The minimum Gasteiger partial charge on any atom is -0.371 e. The molecule has 31 heavy (non-hydrogen) atoms. The number of hydrogen-bond donors (Lipinski definition) is 1. The lowest BCUT2D eigenvalue weighted by molar-refractivity contribution is -0.146. The van der Waals surface area contributed by atoms with Gasteiger partial charge in [0.05, 0.1) is 0 Å². The van der Waals surface area contributed by atoms with Crippen LogP contribution in [0.5, 0.6) is 0 Å². The van der Waals surface area contributed by atoms with Gasteiger partial charge in [-0.15, -0.1) is 0 Å². The Balaban J connectivity index is 1.18. The Morgan fingerprint density at radius 1 is 1.03 bits per heavy atom. The minimum atomic E-state index is -0.508. The number of pyridine rings is 1. The predicted octanol–water partition coefficient (Wildman–Crippen LogP) is 2.64. The number of halogens is 1. The van der Waals surface area contributed by atoms with Gasteiger partial charge in [0.1, 0.15) is 5.82 Å². The maximum absolute atomic E-state index is 13.1. The molecule has 2 fully saturated rings. The van der Waals surface area contributed by atoms with Crippen molar-refractivity contribution in [2.45, 2.75) is 25.7 Å². The number of rotatable bonds is 5. The zero-order chi connectivity index (χ0) is 21.6. The predicted molar refractivity (Wildman–Crippen MR) is 117 cm³/mol. The summed E-state index contributed by atoms with van der Waals surface area (Å²) in [5.41, 5.74) is 2.21. The smallest absolute Gasteiger partial charge is 0.311 e. The molecule has 1 N–H and O–H groups in total. The molecule has 164 valence electrons. The van der Waals surface area contributed by atoms with Gasteiger partial charge in [0.15, 0.2) is 0 Å². The lowest BCUT2D eigenvalue weighted by Gasteiger charge is -2.31. The van der Waals surface area contributed by atoms with Crippen LogP contribution < -0.4 is 10.2 Å². The molecule has 0 bridgehead atoms. The fourth-order valence-corrected chi connectivity index (χ4v) is 4.53. The van der Waals surface area contributed by atoms with Crippen molar-refractivity contribution in [1.82, 2.24) is 15.2 Å². The first kappa shape index (κ1) is 21.3. The van der Waals surface area contributed by atoms with E-state index < -0.39 is 11.8 Å². The minimum absolute atomic E-state index is 0.244. The van der Waals surface area contributed by atoms with Gasteiger partial charge in [0.2, 0.25) is 0 Å². The van der Waals surface area contributed by atoms with E-state index in [9.17, 15) is 14.0 Å². The van der Waals surface area contributed by atoms with Gasteiger partial charge in [0, 0.05) is 50.8 Å². The van der Waals surface area contributed by atoms with Crippen molar-refractivity contribution in [3.63, 3.8) is 0 Å². The molecule has 1 aromatic heterocycles. The molecular weight excluding hydrogens is 395 g/mol. The van der Waals surface area contributed by atoms with Crippen LogP contribution in [-0.4, -0.2) is 54.4 Å². The summed E-state index contributed by atoms with van der Waals surface area (Å²) in [6, 6.07) is 10.5. The number of aromatic nitrogens is 1. The summed E-state index contributed by atoms with van der Waals surface area (Å²) in [5.74, 6) is -0.371. The third-order valence-electron chi connectivity index (χ3n) is 6.37. The largest absolute Gasteiger partial charge is 0.371 e. The fraction of sp³-hybridized carbons (Fsp3) is 0.458. The number of piperidine rings is 1. The zero-order valence-corrected chi connectivity index (χ0v) is 17.7. The highest BCUT2D eigenvalue weighted by molar-refractivity contribution is 6.35. The zero-order valence-electron chi connectivity index (χ0n) is 17.7. The molecule has 2 aromatic rings. The summed E-state index contributed by atoms with van der Waals surface area (Å²) in [6.45, 7) is 3.39. The van der Waals surface area contributed by atoms with E-state index in [2.05, 4.69) is 21.3 Å². The number of anilines is 1. The van der Waals surface area contributed by atoms with Crippen molar-refractivity contribution in [3.8, 4) is 0 Å². The molecule has 7 heteroatoms. The van der Waals surface area contributed by atoms with Crippen molar-refractivity contribution in [2.75, 3.05) is 37.6 Å². The van der Waals surface area contributed by atoms with Gasteiger partial charge in [0.25, 0.3) is 0 Å². The molecule has 0 spiro atoms. The maximum Gasteiger partial charge on any atom is 0.311 e. The molecule has 0 saturated carbocycles. The molecule has 2 aliphatic heterocycles. The van der Waals surface area contributed by atoms with Gasteiger partial charge in [-0.2, -0.15) is 0 Å². The standard InChI is InChI=1S/C24H29FN4O2/c25-21-3-5-22(6-4-21)29-13-9-20(17-29)16-27-23(30)24(31)28-11-7-18(8-12-28)14-19-2-1-10-26-15-19/h1-6,10,15,18,20H,7-9,11-14,16-17H2,(H,27,30). The molecule has 2 aliphatic rings. The number of hydrogen-bond acceptors (Lipinski definition) is 4. The van der Waals surface area contributed by atoms with Crippen LogP contribution in [0.25, 0.3) is 0 Å². The monoisotopic (exact) mass is 424 g/mol. The van der Waals surface area contributed by atoms with Crippen LogP contribution >= 0.6 is 0 Å². The number of likely N-dealkylation sites (tertiary alicyclic amines) is 1. The SMILES string of the molecule is O=C(NCC1CCN(c2ccc(F)cc2)C1)C(=O)N1CCC(Cc2cccnc2)CC1. The number of carbonyl (C=O) groups is 2. The third kappa shape index (κ3) is 5.60. The van der Waals surface area contributed by atoms with Gasteiger partial charge in [-0.25, -0.2) is 4.39 Å². The van der Waals surface area contributed by atoms with Crippen molar-refractivity contribution < 1.29 is 14.0 Å². The summed E-state index contributed by atoms with van der Waals surface area (Å²) in [5, 5.41) is 2.83. The first-order valence-corrected chi connectivity index (χ1v) is 11.0. The van der Waals surface area contributed by atoms with Crippen LogP contribution in [-0.2, 0) is 16.0 Å². The molecule has 0 radical (unpaired) electrons. The number of benzene rings is 1. The van der Waals surface area contributed by atoms with Gasteiger partial charge in [-0.05, 0) is 73.4 Å². The van der Waals surface area contributed by atoms with E-state index in [4.69, 9.17) is 0 Å². The van der Waals surface area contributed by atoms with Crippen molar-refractivity contribution >= 4 is 17.5 Å². The summed E-state index contributed by atoms with van der Waals surface area (Å²) in [6.07, 6.45) is 7.38. The molecule has 1 aromatic carbocycles. The average molecular weight is 425 g/mol. The van der Waals surface area contributed by atoms with E-state index >= 15 is 0 Å². The Bertz CT molecular complexity index is 882. The number of amides is 2. The molecule has 6 nitrogen and oxygen atoms in total. The van der Waals surface area contributed by atoms with Gasteiger partial charge in [-0.3, -0.25) is 14.6 Å². The van der Waals surface area contributed by atoms with E-state index in [1.54, 1.807) is 23.2 Å². The Hall–Kier alpha value is -2.96. The van der Waals surface area contributed by atoms with Crippen LogP contribution in [0.1, 0.15) is 24.8 Å². The molecular formula is C24H29FN4O2. The lowest BCUT2D eigenvalue weighted by atomic mass is 9.90. The molecule has 3 heterocycles. The average Bonchev–Trinajstić information content (AvgIpc) is 3.28. The summed E-state index contributed by atoms with van der Waals surface area (Å²) in [7, 11) is 0. The fourth-order valence-electron chi connectivity index (χ4n) is 4.53. The first-order chi connectivity index (χ1) is 15.1. The van der Waals surface area contributed by atoms with Gasteiger partial charge in [-0.1, -0.05) is 6.07 Å². The Morgan fingerprint density at radius 2 is 1.77 bits per heavy atom. The van der Waals surface area contributed by atoms with Crippen LogP contribution in [0.4, 0.5) is 10.1 Å². The Kier molecular flexibility index (Phi) is 6.79. The Labute approximate surface area is 182 Å². The number of nitrogens with one attached hydrogen (secondary N) is 1. The van der Waals surface area contributed by atoms with Crippen LogP contribution in [0.2, 0.25) is 0 Å². The van der Waals surface area contributed by atoms with Crippen LogP contribution in [0.15, 0.2) is 48.8 Å². The molecule has 4 rings (SSSR count).